The summed E-state index contributed by atoms with van der Waals surface area (Å²) in [6.45, 7) is 1.46. The smallest absolute Gasteiger partial charge is 0.237 e. The summed E-state index contributed by atoms with van der Waals surface area (Å²) in [7, 11) is 0. The van der Waals surface area contributed by atoms with Gasteiger partial charge >= 0.3 is 0 Å². The van der Waals surface area contributed by atoms with Gasteiger partial charge in [-0.3, -0.25) is 4.79 Å². The number of amides is 1. The molecule has 0 aromatic carbocycles. The van der Waals surface area contributed by atoms with Crippen molar-refractivity contribution >= 4 is 5.91 Å². The van der Waals surface area contributed by atoms with Crippen molar-refractivity contribution in [3.63, 3.8) is 0 Å². The van der Waals surface area contributed by atoms with E-state index in [1.807, 2.05) is 0 Å². The summed E-state index contributed by atoms with van der Waals surface area (Å²) in [6, 6.07) is -0.346. The van der Waals surface area contributed by atoms with E-state index < -0.39 is 11.7 Å². The molecule has 3 unspecified atom stereocenters. The van der Waals surface area contributed by atoms with E-state index in [9.17, 15) is 15.0 Å². The van der Waals surface area contributed by atoms with Gasteiger partial charge in [0.25, 0.3) is 0 Å². The van der Waals surface area contributed by atoms with Crippen LogP contribution < -0.4 is 10.6 Å². The van der Waals surface area contributed by atoms with Gasteiger partial charge in [-0.25, -0.2) is 0 Å². The average Bonchev–Trinajstić information content (AvgIpc) is 2.85. The van der Waals surface area contributed by atoms with Gasteiger partial charge in [0.2, 0.25) is 5.91 Å². The fraction of sp³-hybridized carbons (Fsp3) is 0.900. The van der Waals surface area contributed by atoms with E-state index in [-0.39, 0.29) is 25.1 Å². The summed E-state index contributed by atoms with van der Waals surface area (Å²) in [5.74, 6) is -0.170. The van der Waals surface area contributed by atoms with E-state index in [0.717, 1.165) is 0 Å². The predicted octanol–water partition coefficient (Wildman–Crippen LogP) is -2.02. The van der Waals surface area contributed by atoms with Crippen LogP contribution in [0, 0.1) is 0 Å². The first-order valence-electron chi connectivity index (χ1n) is 5.58. The van der Waals surface area contributed by atoms with Crippen LogP contribution in [0.4, 0.5) is 0 Å². The Morgan fingerprint density at radius 3 is 3.00 bits per heavy atom. The Balaban J connectivity index is 1.75. The van der Waals surface area contributed by atoms with Crippen LogP contribution in [-0.4, -0.2) is 60.2 Å². The van der Waals surface area contributed by atoms with Crippen molar-refractivity contribution in [2.24, 2.45) is 0 Å². The minimum Gasteiger partial charge on any atom is -0.392 e. The molecule has 0 bridgehead atoms. The average molecular weight is 230 g/mol. The molecule has 0 spiro atoms. The van der Waals surface area contributed by atoms with Gasteiger partial charge in [-0.15, -0.1) is 0 Å². The summed E-state index contributed by atoms with van der Waals surface area (Å²) in [6.07, 6.45) is 0.531. The molecule has 2 fully saturated rings. The number of ether oxygens (including phenoxy) is 1. The van der Waals surface area contributed by atoms with Gasteiger partial charge in [0, 0.05) is 26.1 Å². The molecular formula is C10H18N2O4. The molecule has 4 N–H and O–H groups in total. The standard InChI is InChI=1S/C10H18N2O4/c13-7-3-8(11-4-7)9(14)12-5-10(15)1-2-16-6-10/h7-8,11,13,15H,1-6H2,(H,12,14). The van der Waals surface area contributed by atoms with Gasteiger partial charge in [-0.1, -0.05) is 0 Å². The molecule has 2 saturated heterocycles. The SMILES string of the molecule is O=C(NCC1(O)CCOC1)C1CC(O)CN1. The normalized spacial score (nSPS) is 38.9. The second-order valence-corrected chi connectivity index (χ2v) is 4.60. The highest BCUT2D eigenvalue weighted by molar-refractivity contribution is 5.82. The molecule has 0 saturated carbocycles. The molecule has 0 aromatic rings. The number of aliphatic hydroxyl groups is 2. The maximum Gasteiger partial charge on any atom is 0.237 e. The summed E-state index contributed by atoms with van der Waals surface area (Å²) < 4.78 is 5.08. The van der Waals surface area contributed by atoms with Crippen molar-refractivity contribution < 1.29 is 19.7 Å². The maximum absolute atomic E-state index is 11.7. The lowest BCUT2D eigenvalue weighted by atomic mass is 10.0. The highest BCUT2D eigenvalue weighted by Gasteiger charge is 2.34. The third-order valence-corrected chi connectivity index (χ3v) is 3.10. The molecule has 2 aliphatic heterocycles. The van der Waals surface area contributed by atoms with Crippen LogP contribution >= 0.6 is 0 Å². The van der Waals surface area contributed by atoms with Crippen molar-refractivity contribution in [1.82, 2.24) is 10.6 Å². The zero-order valence-electron chi connectivity index (χ0n) is 9.11. The number of β-amino-alcohol motifs (C(OH)–C–C–N with tert-alkyl or cyclic N) is 1. The lowest BCUT2D eigenvalue weighted by Gasteiger charge is -2.21. The van der Waals surface area contributed by atoms with Gasteiger partial charge < -0.3 is 25.6 Å². The van der Waals surface area contributed by atoms with Crippen molar-refractivity contribution in [3.05, 3.63) is 0 Å². The van der Waals surface area contributed by atoms with E-state index in [2.05, 4.69) is 10.6 Å². The van der Waals surface area contributed by atoms with Crippen LogP contribution in [-0.2, 0) is 9.53 Å². The Morgan fingerprint density at radius 1 is 1.62 bits per heavy atom. The minimum absolute atomic E-state index is 0.170. The van der Waals surface area contributed by atoms with Gasteiger partial charge in [-0.2, -0.15) is 0 Å². The van der Waals surface area contributed by atoms with E-state index in [1.54, 1.807) is 0 Å². The summed E-state index contributed by atoms with van der Waals surface area (Å²) in [5, 5.41) is 24.8. The van der Waals surface area contributed by atoms with E-state index in [1.165, 1.54) is 0 Å². The fourth-order valence-corrected chi connectivity index (χ4v) is 2.03. The number of hydrogen-bond donors (Lipinski definition) is 4. The van der Waals surface area contributed by atoms with E-state index in [4.69, 9.17) is 4.74 Å². The van der Waals surface area contributed by atoms with E-state index in [0.29, 0.717) is 26.0 Å². The molecule has 2 aliphatic rings. The molecule has 92 valence electrons. The van der Waals surface area contributed by atoms with Crippen LogP contribution in [0.3, 0.4) is 0 Å². The third-order valence-electron chi connectivity index (χ3n) is 3.10. The first-order chi connectivity index (χ1) is 7.59. The third kappa shape index (κ3) is 2.70. The van der Waals surface area contributed by atoms with Crippen LogP contribution in [0.15, 0.2) is 0 Å². The monoisotopic (exact) mass is 230 g/mol. The molecule has 0 aliphatic carbocycles. The van der Waals surface area contributed by atoms with Gasteiger partial charge in [-0.05, 0) is 6.42 Å². The van der Waals surface area contributed by atoms with E-state index >= 15 is 0 Å². The number of carbonyl (C=O) groups is 1. The van der Waals surface area contributed by atoms with Crippen molar-refractivity contribution in [2.75, 3.05) is 26.3 Å². The molecule has 2 rings (SSSR count). The molecule has 0 aromatic heterocycles. The largest absolute Gasteiger partial charge is 0.392 e. The Hall–Kier alpha value is -0.690. The van der Waals surface area contributed by atoms with Crippen LogP contribution in [0.2, 0.25) is 0 Å². The topological polar surface area (TPSA) is 90.8 Å². The molecular weight excluding hydrogens is 212 g/mol. The molecule has 0 radical (unpaired) electrons. The molecule has 16 heavy (non-hydrogen) atoms. The summed E-state index contributed by atoms with van der Waals surface area (Å²) >= 11 is 0. The molecule has 6 heteroatoms. The molecule has 3 atom stereocenters. The summed E-state index contributed by atoms with van der Waals surface area (Å²) in [4.78, 5) is 11.7. The number of carbonyl (C=O) groups excluding carboxylic acids is 1. The second kappa shape index (κ2) is 4.67. The second-order valence-electron chi connectivity index (χ2n) is 4.60. The van der Waals surface area contributed by atoms with Crippen molar-refractivity contribution in [2.45, 2.75) is 30.6 Å². The number of aliphatic hydroxyl groups excluding tert-OH is 1. The van der Waals surface area contributed by atoms with Crippen LogP contribution in [0.5, 0.6) is 0 Å². The Morgan fingerprint density at radius 2 is 2.44 bits per heavy atom. The first kappa shape index (κ1) is 11.8. The fourth-order valence-electron chi connectivity index (χ4n) is 2.03. The van der Waals surface area contributed by atoms with Gasteiger partial charge in [0.15, 0.2) is 0 Å². The first-order valence-corrected chi connectivity index (χ1v) is 5.58. The molecule has 6 nitrogen and oxygen atoms in total. The van der Waals surface area contributed by atoms with Crippen LogP contribution in [0.1, 0.15) is 12.8 Å². The Bertz CT molecular complexity index is 266. The predicted molar refractivity (Wildman–Crippen MR) is 55.8 cm³/mol. The Kier molecular flexibility index (Phi) is 3.44. The zero-order valence-corrected chi connectivity index (χ0v) is 9.11. The zero-order chi connectivity index (χ0) is 11.6. The summed E-state index contributed by atoms with van der Waals surface area (Å²) in [5.41, 5.74) is -0.924. The molecule has 1 amide bonds. The van der Waals surface area contributed by atoms with Gasteiger partial charge in [0.1, 0.15) is 5.60 Å². The lowest BCUT2D eigenvalue weighted by molar-refractivity contribution is -0.124. The lowest BCUT2D eigenvalue weighted by Crippen LogP contribution is -2.48. The minimum atomic E-state index is -0.924. The molecule has 2 heterocycles. The van der Waals surface area contributed by atoms with Crippen molar-refractivity contribution in [1.29, 1.82) is 0 Å². The quantitative estimate of drug-likeness (QED) is 0.449. The highest BCUT2D eigenvalue weighted by Crippen LogP contribution is 2.17. The van der Waals surface area contributed by atoms with Crippen LogP contribution in [0.25, 0.3) is 0 Å². The van der Waals surface area contributed by atoms with Gasteiger partial charge in [0.05, 0.1) is 18.8 Å². The van der Waals surface area contributed by atoms with Crippen molar-refractivity contribution in [3.8, 4) is 0 Å². The highest BCUT2D eigenvalue weighted by atomic mass is 16.5. The number of rotatable bonds is 3. The number of nitrogens with one attached hydrogen (secondary N) is 2. The maximum atomic E-state index is 11.7. The number of hydrogen-bond acceptors (Lipinski definition) is 5. The Labute approximate surface area is 94.0 Å².